The summed E-state index contributed by atoms with van der Waals surface area (Å²) in [6, 6.07) is 7.95. The van der Waals surface area contributed by atoms with Crippen molar-refractivity contribution in [1.82, 2.24) is 9.97 Å². The van der Waals surface area contributed by atoms with Gasteiger partial charge in [-0.3, -0.25) is 0 Å². The number of anilines is 1. The molecule has 0 aliphatic rings. The molecule has 0 aliphatic heterocycles. The van der Waals surface area contributed by atoms with Gasteiger partial charge in [0.1, 0.15) is 0 Å². The van der Waals surface area contributed by atoms with Crippen molar-refractivity contribution in [1.29, 1.82) is 0 Å². The molecule has 4 heteroatoms. The number of rotatable bonds is 3. The van der Waals surface area contributed by atoms with Gasteiger partial charge in [0.2, 0.25) is 0 Å². The zero-order valence-electron chi connectivity index (χ0n) is 9.44. The van der Waals surface area contributed by atoms with Crippen molar-refractivity contribution >= 4 is 32.8 Å². The van der Waals surface area contributed by atoms with Gasteiger partial charge in [0.15, 0.2) is 5.82 Å². The van der Waals surface area contributed by atoms with Crippen LogP contribution >= 0.6 is 15.9 Å². The number of halogens is 1. The number of alkyl halides is 1. The van der Waals surface area contributed by atoms with E-state index in [9.17, 15) is 0 Å². The third-order valence-corrected chi connectivity index (χ3v) is 2.86. The molecule has 0 amide bonds. The SMILES string of the molecule is Cc1nc2ccccc2nc1N(C)CCBr. The van der Waals surface area contributed by atoms with Crippen LogP contribution in [0.2, 0.25) is 0 Å². The molecule has 84 valence electrons. The highest BCUT2D eigenvalue weighted by molar-refractivity contribution is 9.09. The van der Waals surface area contributed by atoms with Crippen LogP contribution in [0.1, 0.15) is 5.69 Å². The largest absolute Gasteiger partial charge is 0.357 e. The Morgan fingerprint density at radius 3 is 2.44 bits per heavy atom. The molecule has 0 aliphatic carbocycles. The van der Waals surface area contributed by atoms with E-state index in [1.54, 1.807) is 0 Å². The molecule has 0 atom stereocenters. The van der Waals surface area contributed by atoms with Crippen molar-refractivity contribution in [2.45, 2.75) is 6.92 Å². The number of para-hydroxylation sites is 2. The summed E-state index contributed by atoms with van der Waals surface area (Å²) in [5.74, 6) is 0.957. The monoisotopic (exact) mass is 279 g/mol. The molecule has 3 nitrogen and oxygen atoms in total. The molecule has 0 saturated carbocycles. The van der Waals surface area contributed by atoms with Crippen LogP contribution in [0, 0.1) is 6.92 Å². The van der Waals surface area contributed by atoms with Crippen LogP contribution in [0.25, 0.3) is 11.0 Å². The highest BCUT2D eigenvalue weighted by Crippen LogP contribution is 2.18. The van der Waals surface area contributed by atoms with Gasteiger partial charge in [0, 0.05) is 18.9 Å². The number of hydrogen-bond donors (Lipinski definition) is 0. The second-order valence-corrected chi connectivity index (χ2v) is 4.52. The summed E-state index contributed by atoms with van der Waals surface area (Å²) < 4.78 is 0. The summed E-state index contributed by atoms with van der Waals surface area (Å²) in [5, 5.41) is 0.928. The van der Waals surface area contributed by atoms with E-state index in [0.29, 0.717) is 0 Å². The lowest BCUT2D eigenvalue weighted by molar-refractivity contribution is 0.935. The van der Waals surface area contributed by atoms with Gasteiger partial charge < -0.3 is 4.90 Å². The van der Waals surface area contributed by atoms with Crippen molar-refractivity contribution < 1.29 is 0 Å². The molecular weight excluding hydrogens is 266 g/mol. The molecule has 0 spiro atoms. The van der Waals surface area contributed by atoms with E-state index >= 15 is 0 Å². The van der Waals surface area contributed by atoms with Gasteiger partial charge >= 0.3 is 0 Å². The predicted octanol–water partition coefficient (Wildman–Crippen LogP) is 2.77. The van der Waals surface area contributed by atoms with Gasteiger partial charge in [-0.2, -0.15) is 0 Å². The van der Waals surface area contributed by atoms with Gasteiger partial charge in [0.05, 0.1) is 16.7 Å². The van der Waals surface area contributed by atoms with E-state index in [2.05, 4.69) is 30.8 Å². The normalized spacial score (nSPS) is 10.7. The lowest BCUT2D eigenvalue weighted by Gasteiger charge is -2.18. The molecule has 0 unspecified atom stereocenters. The van der Waals surface area contributed by atoms with Crippen molar-refractivity contribution in [3.63, 3.8) is 0 Å². The highest BCUT2D eigenvalue weighted by Gasteiger charge is 2.08. The first-order chi connectivity index (χ1) is 7.72. The maximum absolute atomic E-state index is 4.64. The molecule has 16 heavy (non-hydrogen) atoms. The Bertz CT molecular complexity index is 499. The number of nitrogens with zero attached hydrogens (tertiary/aromatic N) is 3. The van der Waals surface area contributed by atoms with E-state index < -0.39 is 0 Å². The number of fused-ring (bicyclic) bond motifs is 1. The number of aromatic nitrogens is 2. The zero-order chi connectivity index (χ0) is 11.5. The molecular formula is C12H14BrN3. The molecule has 0 bridgehead atoms. The summed E-state index contributed by atoms with van der Waals surface area (Å²) in [4.78, 5) is 11.3. The summed E-state index contributed by atoms with van der Waals surface area (Å²) >= 11 is 3.43. The van der Waals surface area contributed by atoms with Crippen LogP contribution in [0.5, 0.6) is 0 Å². The minimum atomic E-state index is 0.924. The number of benzene rings is 1. The standard InChI is InChI=1S/C12H14BrN3/c1-9-12(16(2)8-7-13)15-11-6-4-3-5-10(11)14-9/h3-6H,7-8H2,1-2H3. The minimum Gasteiger partial charge on any atom is -0.357 e. The minimum absolute atomic E-state index is 0.924. The Morgan fingerprint density at radius 2 is 1.81 bits per heavy atom. The van der Waals surface area contributed by atoms with Crippen LogP contribution < -0.4 is 4.90 Å². The Balaban J connectivity index is 2.49. The average Bonchev–Trinajstić information content (AvgIpc) is 2.28. The van der Waals surface area contributed by atoms with E-state index in [-0.39, 0.29) is 0 Å². The molecule has 0 fully saturated rings. The predicted molar refractivity (Wildman–Crippen MR) is 71.3 cm³/mol. The van der Waals surface area contributed by atoms with Gasteiger partial charge in [0.25, 0.3) is 0 Å². The van der Waals surface area contributed by atoms with Crippen molar-refractivity contribution in [2.24, 2.45) is 0 Å². The first-order valence-electron chi connectivity index (χ1n) is 5.23. The highest BCUT2D eigenvalue weighted by atomic mass is 79.9. The zero-order valence-corrected chi connectivity index (χ0v) is 11.0. The van der Waals surface area contributed by atoms with Crippen LogP contribution in [-0.4, -0.2) is 28.9 Å². The van der Waals surface area contributed by atoms with Crippen molar-refractivity contribution in [2.75, 3.05) is 23.8 Å². The molecule has 1 heterocycles. The Kier molecular flexibility index (Phi) is 3.39. The third kappa shape index (κ3) is 2.16. The van der Waals surface area contributed by atoms with Crippen LogP contribution in [-0.2, 0) is 0 Å². The van der Waals surface area contributed by atoms with E-state index in [4.69, 9.17) is 0 Å². The lowest BCUT2D eigenvalue weighted by Crippen LogP contribution is -2.22. The fourth-order valence-corrected chi connectivity index (χ4v) is 2.21. The van der Waals surface area contributed by atoms with E-state index in [0.717, 1.165) is 34.4 Å². The van der Waals surface area contributed by atoms with Crippen molar-refractivity contribution in [3.05, 3.63) is 30.0 Å². The van der Waals surface area contributed by atoms with Crippen molar-refractivity contribution in [3.8, 4) is 0 Å². The van der Waals surface area contributed by atoms with E-state index in [1.165, 1.54) is 0 Å². The Morgan fingerprint density at radius 1 is 1.19 bits per heavy atom. The molecule has 2 rings (SSSR count). The summed E-state index contributed by atoms with van der Waals surface area (Å²) in [7, 11) is 2.03. The Labute approximate surface area is 104 Å². The fourth-order valence-electron chi connectivity index (χ4n) is 1.67. The maximum atomic E-state index is 4.64. The summed E-state index contributed by atoms with van der Waals surface area (Å²) in [6.45, 7) is 2.92. The third-order valence-electron chi connectivity index (χ3n) is 2.50. The second-order valence-electron chi connectivity index (χ2n) is 3.73. The van der Waals surface area contributed by atoms with Gasteiger partial charge in [-0.15, -0.1) is 0 Å². The smallest absolute Gasteiger partial charge is 0.150 e. The maximum Gasteiger partial charge on any atom is 0.150 e. The quantitative estimate of drug-likeness (QED) is 0.809. The van der Waals surface area contributed by atoms with Gasteiger partial charge in [-0.05, 0) is 19.1 Å². The van der Waals surface area contributed by atoms with E-state index in [1.807, 2.05) is 38.2 Å². The fraction of sp³-hybridized carbons (Fsp3) is 0.333. The summed E-state index contributed by atoms with van der Waals surface area (Å²) in [6.07, 6.45) is 0. The molecule has 2 aromatic rings. The summed E-state index contributed by atoms with van der Waals surface area (Å²) in [5.41, 5.74) is 2.88. The first kappa shape index (κ1) is 11.3. The van der Waals surface area contributed by atoms with Crippen LogP contribution in [0.4, 0.5) is 5.82 Å². The number of hydrogen-bond acceptors (Lipinski definition) is 3. The average molecular weight is 280 g/mol. The molecule has 0 N–H and O–H groups in total. The van der Waals surface area contributed by atoms with Gasteiger partial charge in [-0.1, -0.05) is 28.1 Å². The molecule has 1 aromatic heterocycles. The topological polar surface area (TPSA) is 29.0 Å². The second kappa shape index (κ2) is 4.78. The Hall–Kier alpha value is -1.16. The van der Waals surface area contributed by atoms with Crippen LogP contribution in [0.15, 0.2) is 24.3 Å². The lowest BCUT2D eigenvalue weighted by atomic mass is 10.3. The molecule has 0 saturated heterocycles. The first-order valence-corrected chi connectivity index (χ1v) is 6.35. The number of aryl methyl sites for hydroxylation is 1. The molecule has 0 radical (unpaired) electrons. The van der Waals surface area contributed by atoms with Crippen LogP contribution in [0.3, 0.4) is 0 Å². The molecule has 1 aromatic carbocycles. The van der Waals surface area contributed by atoms with Gasteiger partial charge in [-0.25, -0.2) is 9.97 Å².